The molecule has 1 aromatic heterocycles. The van der Waals surface area contributed by atoms with E-state index in [0.29, 0.717) is 6.04 Å². The average Bonchev–Trinajstić information content (AvgIpc) is 2.85. The minimum Gasteiger partial charge on any atom is -0.379 e. The van der Waals surface area contributed by atoms with Gasteiger partial charge >= 0.3 is 0 Å². The van der Waals surface area contributed by atoms with E-state index >= 15 is 0 Å². The van der Waals surface area contributed by atoms with Crippen LogP contribution in [0.3, 0.4) is 0 Å². The fourth-order valence-electron chi connectivity index (χ4n) is 2.04. The van der Waals surface area contributed by atoms with Crippen LogP contribution >= 0.6 is 11.3 Å². The van der Waals surface area contributed by atoms with E-state index in [2.05, 4.69) is 23.2 Å². The molecule has 98 valence electrons. The number of hydrogen-bond acceptors (Lipinski definition) is 5. The summed E-state index contributed by atoms with van der Waals surface area (Å²) in [5, 5.41) is 14.2. The van der Waals surface area contributed by atoms with Crippen LogP contribution in [0, 0.1) is 11.3 Å². The molecule has 0 amide bonds. The first-order valence-corrected chi connectivity index (χ1v) is 7.17. The van der Waals surface area contributed by atoms with E-state index in [1.807, 2.05) is 11.4 Å². The van der Waals surface area contributed by atoms with Gasteiger partial charge in [-0.05, 0) is 13.0 Å². The summed E-state index contributed by atoms with van der Waals surface area (Å²) in [6, 6.07) is 4.57. The van der Waals surface area contributed by atoms with E-state index in [4.69, 9.17) is 10.00 Å². The van der Waals surface area contributed by atoms with Gasteiger partial charge in [0.15, 0.2) is 0 Å². The molecule has 2 rings (SSSR count). The van der Waals surface area contributed by atoms with Crippen LogP contribution in [0.4, 0.5) is 0 Å². The summed E-state index contributed by atoms with van der Waals surface area (Å²) in [5.41, 5.74) is 0.762. The Bertz CT molecular complexity index is 407. The van der Waals surface area contributed by atoms with Crippen LogP contribution < -0.4 is 5.32 Å². The zero-order valence-corrected chi connectivity index (χ0v) is 11.5. The van der Waals surface area contributed by atoms with Crippen LogP contribution in [0.2, 0.25) is 0 Å². The Labute approximate surface area is 112 Å². The Kier molecular flexibility index (Phi) is 5.14. The van der Waals surface area contributed by atoms with Crippen molar-refractivity contribution in [2.45, 2.75) is 19.5 Å². The van der Waals surface area contributed by atoms with Crippen molar-refractivity contribution in [2.75, 3.05) is 32.8 Å². The standard InChI is InChI=1S/C13H19N3OS/c1-11(9-16-2-4-17-5-3-16)15-8-13-6-12(7-14)10-18-13/h6,10-11,15H,2-5,8-9H2,1H3. The summed E-state index contributed by atoms with van der Waals surface area (Å²) < 4.78 is 5.33. The average molecular weight is 265 g/mol. The van der Waals surface area contributed by atoms with E-state index in [-0.39, 0.29) is 0 Å². The number of ether oxygens (including phenoxy) is 1. The summed E-state index contributed by atoms with van der Waals surface area (Å²) in [7, 11) is 0. The Morgan fingerprint density at radius 3 is 3.00 bits per heavy atom. The zero-order valence-electron chi connectivity index (χ0n) is 10.7. The molecule has 0 aromatic carbocycles. The van der Waals surface area contributed by atoms with Crippen LogP contribution in [0.25, 0.3) is 0 Å². The highest BCUT2D eigenvalue weighted by molar-refractivity contribution is 7.10. The van der Waals surface area contributed by atoms with Gasteiger partial charge in [0, 0.05) is 42.5 Å². The largest absolute Gasteiger partial charge is 0.379 e. The molecule has 1 aliphatic heterocycles. The van der Waals surface area contributed by atoms with Crippen LogP contribution in [0.15, 0.2) is 11.4 Å². The molecule has 1 aromatic rings. The molecular weight excluding hydrogens is 246 g/mol. The minimum atomic E-state index is 0.454. The molecule has 1 unspecified atom stereocenters. The Hall–Kier alpha value is -0.930. The lowest BCUT2D eigenvalue weighted by molar-refractivity contribution is 0.0343. The smallest absolute Gasteiger partial charge is 0.100 e. The van der Waals surface area contributed by atoms with Crippen molar-refractivity contribution in [2.24, 2.45) is 0 Å². The van der Waals surface area contributed by atoms with Crippen molar-refractivity contribution in [1.29, 1.82) is 5.26 Å². The molecule has 0 radical (unpaired) electrons. The van der Waals surface area contributed by atoms with Gasteiger partial charge in [-0.1, -0.05) is 0 Å². The molecule has 1 aliphatic rings. The number of nitriles is 1. The van der Waals surface area contributed by atoms with E-state index in [9.17, 15) is 0 Å². The maximum atomic E-state index is 8.76. The summed E-state index contributed by atoms with van der Waals surface area (Å²) in [6.45, 7) is 7.87. The van der Waals surface area contributed by atoms with Crippen molar-refractivity contribution in [1.82, 2.24) is 10.2 Å². The zero-order chi connectivity index (χ0) is 12.8. The first-order valence-electron chi connectivity index (χ1n) is 6.29. The normalized spacial score (nSPS) is 18.4. The summed E-state index contributed by atoms with van der Waals surface area (Å²) in [4.78, 5) is 3.65. The number of nitrogens with one attached hydrogen (secondary N) is 1. The Balaban J connectivity index is 1.70. The molecule has 5 heteroatoms. The highest BCUT2D eigenvalue weighted by Crippen LogP contribution is 2.13. The maximum absolute atomic E-state index is 8.76. The molecule has 2 heterocycles. The quantitative estimate of drug-likeness (QED) is 0.875. The van der Waals surface area contributed by atoms with Gasteiger partial charge in [0.25, 0.3) is 0 Å². The second-order valence-electron chi connectivity index (χ2n) is 4.61. The van der Waals surface area contributed by atoms with Crippen molar-refractivity contribution < 1.29 is 4.74 Å². The fraction of sp³-hybridized carbons (Fsp3) is 0.615. The monoisotopic (exact) mass is 265 g/mol. The number of nitrogens with zero attached hydrogens (tertiary/aromatic N) is 2. The van der Waals surface area contributed by atoms with Gasteiger partial charge < -0.3 is 10.1 Å². The molecule has 1 saturated heterocycles. The maximum Gasteiger partial charge on any atom is 0.100 e. The predicted molar refractivity (Wildman–Crippen MR) is 72.6 cm³/mol. The second kappa shape index (κ2) is 6.86. The molecule has 1 atom stereocenters. The Morgan fingerprint density at radius 2 is 2.33 bits per heavy atom. The lowest BCUT2D eigenvalue weighted by atomic mass is 10.2. The predicted octanol–water partition coefficient (Wildman–Crippen LogP) is 1.43. The highest BCUT2D eigenvalue weighted by Gasteiger charge is 2.13. The molecule has 0 spiro atoms. The van der Waals surface area contributed by atoms with E-state index in [1.54, 1.807) is 11.3 Å². The van der Waals surface area contributed by atoms with Crippen LogP contribution in [0.1, 0.15) is 17.4 Å². The second-order valence-corrected chi connectivity index (χ2v) is 5.60. The van der Waals surface area contributed by atoms with Gasteiger partial charge in [0.1, 0.15) is 6.07 Å². The van der Waals surface area contributed by atoms with Gasteiger partial charge in [0.05, 0.1) is 18.8 Å². The number of thiophene rings is 1. The third-order valence-corrected chi connectivity index (χ3v) is 3.98. The third kappa shape index (κ3) is 4.07. The number of morpholine rings is 1. The SMILES string of the molecule is CC(CN1CCOCC1)NCc1cc(C#N)cs1. The van der Waals surface area contributed by atoms with Crippen molar-refractivity contribution >= 4 is 11.3 Å². The summed E-state index contributed by atoms with van der Waals surface area (Å²) in [6.07, 6.45) is 0. The van der Waals surface area contributed by atoms with Gasteiger partial charge in [-0.2, -0.15) is 5.26 Å². The van der Waals surface area contributed by atoms with Crippen molar-refractivity contribution in [3.8, 4) is 6.07 Å². The van der Waals surface area contributed by atoms with Gasteiger partial charge in [-0.15, -0.1) is 11.3 Å². The molecule has 0 aliphatic carbocycles. The fourth-order valence-corrected chi connectivity index (χ4v) is 2.80. The molecule has 0 saturated carbocycles. The van der Waals surface area contributed by atoms with Gasteiger partial charge in [-0.25, -0.2) is 0 Å². The first-order chi connectivity index (χ1) is 8.78. The minimum absolute atomic E-state index is 0.454. The molecule has 4 nitrogen and oxygen atoms in total. The molecule has 18 heavy (non-hydrogen) atoms. The molecular formula is C13H19N3OS. The van der Waals surface area contributed by atoms with Crippen LogP contribution in [0.5, 0.6) is 0 Å². The third-order valence-electron chi connectivity index (χ3n) is 3.04. The lowest BCUT2D eigenvalue weighted by Gasteiger charge is -2.29. The summed E-state index contributed by atoms with van der Waals surface area (Å²) >= 11 is 1.64. The van der Waals surface area contributed by atoms with Crippen molar-refractivity contribution in [3.05, 3.63) is 21.9 Å². The van der Waals surface area contributed by atoms with Crippen LogP contribution in [-0.4, -0.2) is 43.8 Å². The topological polar surface area (TPSA) is 48.3 Å². The number of hydrogen-bond donors (Lipinski definition) is 1. The van der Waals surface area contributed by atoms with Crippen molar-refractivity contribution in [3.63, 3.8) is 0 Å². The van der Waals surface area contributed by atoms with Gasteiger partial charge in [0.2, 0.25) is 0 Å². The molecule has 1 fully saturated rings. The van der Waals surface area contributed by atoms with E-state index < -0.39 is 0 Å². The molecule has 0 bridgehead atoms. The Morgan fingerprint density at radius 1 is 1.56 bits per heavy atom. The van der Waals surface area contributed by atoms with E-state index in [0.717, 1.165) is 45.0 Å². The van der Waals surface area contributed by atoms with Crippen LogP contribution in [-0.2, 0) is 11.3 Å². The highest BCUT2D eigenvalue weighted by atomic mass is 32.1. The van der Waals surface area contributed by atoms with Gasteiger partial charge in [-0.3, -0.25) is 4.90 Å². The first kappa shape index (κ1) is 13.5. The summed E-state index contributed by atoms with van der Waals surface area (Å²) in [5.74, 6) is 0. The number of rotatable bonds is 5. The molecule has 1 N–H and O–H groups in total. The lowest BCUT2D eigenvalue weighted by Crippen LogP contribution is -2.44. The van der Waals surface area contributed by atoms with E-state index in [1.165, 1.54) is 4.88 Å².